The van der Waals surface area contributed by atoms with Gasteiger partial charge in [-0.1, -0.05) is 26.0 Å². The molecule has 1 atom stereocenters. The molecule has 142 valence electrons. The summed E-state index contributed by atoms with van der Waals surface area (Å²) in [5.41, 5.74) is 0.929. The van der Waals surface area contributed by atoms with Crippen LogP contribution >= 0.6 is 0 Å². The lowest BCUT2D eigenvalue weighted by Crippen LogP contribution is -2.26. The number of nitrogens with two attached hydrogens (primary N) is 1. The molecule has 0 bridgehead atoms. The number of hydrogen-bond acceptors (Lipinski definition) is 7. The van der Waals surface area contributed by atoms with Crippen molar-refractivity contribution >= 4 is 21.9 Å². The van der Waals surface area contributed by atoms with Gasteiger partial charge < -0.3 is 9.80 Å². The van der Waals surface area contributed by atoms with Gasteiger partial charge in [-0.25, -0.2) is 13.6 Å². The highest BCUT2D eigenvalue weighted by molar-refractivity contribution is 7.89. The van der Waals surface area contributed by atoms with Crippen molar-refractivity contribution in [3.05, 3.63) is 35.7 Å². The minimum atomic E-state index is -3.70. The van der Waals surface area contributed by atoms with Crippen LogP contribution in [-0.2, 0) is 10.0 Å². The molecule has 0 saturated heterocycles. The Kier molecular flexibility index (Phi) is 5.82. The average molecular weight is 379 g/mol. The minimum Gasteiger partial charge on any atom is -0.347 e. The van der Waals surface area contributed by atoms with Crippen LogP contribution in [0.2, 0.25) is 0 Å². The molecule has 1 heterocycles. The zero-order valence-corrected chi connectivity index (χ0v) is 16.8. The number of sulfonamides is 1. The molecule has 1 aromatic carbocycles. The van der Waals surface area contributed by atoms with Crippen molar-refractivity contribution in [2.45, 2.75) is 37.6 Å². The van der Waals surface area contributed by atoms with Gasteiger partial charge in [0, 0.05) is 27.1 Å². The van der Waals surface area contributed by atoms with Gasteiger partial charge in [0.25, 0.3) is 0 Å². The third kappa shape index (κ3) is 4.47. The first-order valence-electron chi connectivity index (χ1n) is 8.29. The van der Waals surface area contributed by atoms with E-state index in [-0.39, 0.29) is 16.9 Å². The first kappa shape index (κ1) is 20.1. The summed E-state index contributed by atoms with van der Waals surface area (Å²) in [4.78, 5) is 17.5. The molecule has 1 unspecified atom stereocenters. The molecule has 0 spiro atoms. The molecular weight excluding hydrogens is 352 g/mol. The molecule has 0 aliphatic heterocycles. The summed E-state index contributed by atoms with van der Waals surface area (Å²) in [5.74, 6) is 2.06. The molecule has 26 heavy (non-hydrogen) atoms. The second kappa shape index (κ2) is 7.55. The van der Waals surface area contributed by atoms with Crippen LogP contribution < -0.4 is 14.9 Å². The Hall–Kier alpha value is -2.26. The topological polar surface area (TPSA) is 105 Å². The van der Waals surface area contributed by atoms with Crippen LogP contribution in [0.5, 0.6) is 0 Å². The summed E-state index contributed by atoms with van der Waals surface area (Å²) >= 11 is 0. The second-order valence-electron chi connectivity index (χ2n) is 6.74. The van der Waals surface area contributed by atoms with Gasteiger partial charge in [-0.05, 0) is 24.6 Å². The molecule has 2 aromatic rings. The maximum absolute atomic E-state index is 11.4. The maximum atomic E-state index is 11.4. The highest BCUT2D eigenvalue weighted by Crippen LogP contribution is 2.25. The molecule has 8 nitrogen and oxygen atoms in total. The van der Waals surface area contributed by atoms with Crippen LogP contribution in [0.4, 0.5) is 11.9 Å². The van der Waals surface area contributed by atoms with Gasteiger partial charge in [-0.15, -0.1) is 0 Å². The van der Waals surface area contributed by atoms with E-state index >= 15 is 0 Å². The van der Waals surface area contributed by atoms with Crippen LogP contribution in [0.1, 0.15) is 44.1 Å². The maximum Gasteiger partial charge on any atom is 0.238 e. The standard InChI is InChI=1S/C17H26N6O2S/c1-11(2)15-19-16(22(4)5)21-17(20-15)23(6)12(3)13-7-9-14(10-8-13)26(18,24)25/h7-12H,1-6H3,(H2,18,24,25). The Morgan fingerprint density at radius 3 is 1.92 bits per heavy atom. The van der Waals surface area contributed by atoms with E-state index in [1.54, 1.807) is 12.1 Å². The Bertz CT molecular complexity index is 839. The molecule has 0 aliphatic rings. The zero-order valence-electron chi connectivity index (χ0n) is 16.0. The molecule has 1 aromatic heterocycles. The molecule has 2 rings (SSSR count). The summed E-state index contributed by atoms with van der Waals surface area (Å²) in [6, 6.07) is 6.44. The van der Waals surface area contributed by atoms with Crippen LogP contribution in [0, 0.1) is 0 Å². The number of rotatable bonds is 6. The predicted molar refractivity (Wildman–Crippen MR) is 103 cm³/mol. The summed E-state index contributed by atoms with van der Waals surface area (Å²) in [7, 11) is 1.97. The molecule has 0 radical (unpaired) electrons. The summed E-state index contributed by atoms with van der Waals surface area (Å²) in [6.07, 6.45) is 0. The fourth-order valence-electron chi connectivity index (χ4n) is 2.32. The van der Waals surface area contributed by atoms with Crippen molar-refractivity contribution < 1.29 is 8.42 Å². The first-order chi connectivity index (χ1) is 12.0. The number of anilines is 2. The normalized spacial score (nSPS) is 12.9. The third-order valence-electron chi connectivity index (χ3n) is 4.13. The second-order valence-corrected chi connectivity index (χ2v) is 8.31. The quantitative estimate of drug-likeness (QED) is 0.818. The van der Waals surface area contributed by atoms with Gasteiger partial charge in [-0.3, -0.25) is 0 Å². The fraction of sp³-hybridized carbons (Fsp3) is 0.471. The smallest absolute Gasteiger partial charge is 0.238 e. The number of nitrogens with zero attached hydrogens (tertiary/aromatic N) is 5. The first-order valence-corrected chi connectivity index (χ1v) is 9.84. The molecule has 9 heteroatoms. The van der Waals surface area contributed by atoms with Crippen LogP contribution in [0.3, 0.4) is 0 Å². The lowest BCUT2D eigenvalue weighted by Gasteiger charge is -2.26. The Morgan fingerprint density at radius 1 is 0.923 bits per heavy atom. The van der Waals surface area contributed by atoms with Crippen molar-refractivity contribution in [2.75, 3.05) is 30.9 Å². The predicted octanol–water partition coefficient (Wildman–Crippen LogP) is 1.91. The molecule has 0 aliphatic carbocycles. The fourth-order valence-corrected chi connectivity index (χ4v) is 2.83. The molecule has 2 N–H and O–H groups in total. The SMILES string of the molecule is CC(C)c1nc(N(C)C)nc(N(C)C(C)c2ccc(S(N)(=O)=O)cc2)n1. The van der Waals surface area contributed by atoms with Gasteiger partial charge in [0.15, 0.2) is 0 Å². The summed E-state index contributed by atoms with van der Waals surface area (Å²) < 4.78 is 22.8. The lowest BCUT2D eigenvalue weighted by molar-refractivity contribution is 0.597. The average Bonchev–Trinajstić information content (AvgIpc) is 2.59. The van der Waals surface area contributed by atoms with Gasteiger partial charge in [0.2, 0.25) is 21.9 Å². The minimum absolute atomic E-state index is 0.0676. The highest BCUT2D eigenvalue weighted by Gasteiger charge is 2.19. The molecule has 0 amide bonds. The summed E-state index contributed by atoms with van der Waals surface area (Å²) in [5, 5.41) is 5.15. The van der Waals surface area contributed by atoms with E-state index in [0.29, 0.717) is 11.9 Å². The van der Waals surface area contributed by atoms with Crippen LogP contribution in [0.25, 0.3) is 0 Å². The van der Waals surface area contributed by atoms with Crippen LogP contribution in [0.15, 0.2) is 29.2 Å². The summed E-state index contributed by atoms with van der Waals surface area (Å²) in [6.45, 7) is 6.07. The van der Waals surface area contributed by atoms with E-state index in [2.05, 4.69) is 15.0 Å². The van der Waals surface area contributed by atoms with E-state index in [0.717, 1.165) is 11.4 Å². The third-order valence-corrected chi connectivity index (χ3v) is 5.06. The number of primary sulfonamides is 1. The van der Waals surface area contributed by atoms with Gasteiger partial charge in [0.05, 0.1) is 10.9 Å². The largest absolute Gasteiger partial charge is 0.347 e. The number of hydrogen-bond donors (Lipinski definition) is 1. The molecule has 0 fully saturated rings. The highest BCUT2D eigenvalue weighted by atomic mass is 32.2. The van der Waals surface area contributed by atoms with Crippen molar-refractivity contribution in [2.24, 2.45) is 5.14 Å². The van der Waals surface area contributed by atoms with Crippen LogP contribution in [-0.4, -0.2) is 44.5 Å². The molecular formula is C17H26N6O2S. The van der Waals surface area contributed by atoms with E-state index in [4.69, 9.17) is 5.14 Å². The van der Waals surface area contributed by atoms with Gasteiger partial charge >= 0.3 is 0 Å². The lowest BCUT2D eigenvalue weighted by atomic mass is 10.1. The Balaban J connectivity index is 2.36. The zero-order chi connectivity index (χ0) is 19.6. The Morgan fingerprint density at radius 2 is 1.46 bits per heavy atom. The number of benzene rings is 1. The van der Waals surface area contributed by atoms with E-state index in [1.807, 2.05) is 51.7 Å². The van der Waals surface area contributed by atoms with Gasteiger partial charge in [-0.2, -0.15) is 15.0 Å². The Labute approximate surface area is 155 Å². The van der Waals surface area contributed by atoms with Gasteiger partial charge in [0.1, 0.15) is 5.82 Å². The van der Waals surface area contributed by atoms with Crippen molar-refractivity contribution in [1.82, 2.24) is 15.0 Å². The molecule has 0 saturated carbocycles. The van der Waals surface area contributed by atoms with Crippen molar-refractivity contribution in [1.29, 1.82) is 0 Å². The number of aromatic nitrogens is 3. The van der Waals surface area contributed by atoms with E-state index in [1.165, 1.54) is 12.1 Å². The van der Waals surface area contributed by atoms with Crippen molar-refractivity contribution in [3.8, 4) is 0 Å². The van der Waals surface area contributed by atoms with E-state index < -0.39 is 10.0 Å². The van der Waals surface area contributed by atoms with E-state index in [9.17, 15) is 8.42 Å². The monoisotopic (exact) mass is 378 g/mol. The van der Waals surface area contributed by atoms with Crippen molar-refractivity contribution in [3.63, 3.8) is 0 Å².